The van der Waals surface area contributed by atoms with Gasteiger partial charge in [0, 0.05) is 17.2 Å². The van der Waals surface area contributed by atoms with Gasteiger partial charge < -0.3 is 0 Å². The number of rotatable bonds is 1. The minimum atomic E-state index is 0.531. The number of hydrogen-bond acceptors (Lipinski definition) is 0. The summed E-state index contributed by atoms with van der Waals surface area (Å²) in [5.74, 6) is 1.06. The Morgan fingerprint density at radius 3 is 2.67 bits per heavy atom. The van der Waals surface area contributed by atoms with Gasteiger partial charge in [-0.25, -0.2) is 0 Å². The van der Waals surface area contributed by atoms with Gasteiger partial charge in [-0.1, -0.05) is 76.2 Å². The minimum absolute atomic E-state index is 0.531. The molecule has 2 atom stereocenters. The summed E-state index contributed by atoms with van der Waals surface area (Å²) in [5, 5.41) is 0.962. The Kier molecular flexibility index (Phi) is 2.25. The maximum absolute atomic E-state index is 3.62. The van der Waals surface area contributed by atoms with Crippen LogP contribution in [0.15, 0.2) is 53.6 Å². The van der Waals surface area contributed by atoms with Gasteiger partial charge in [0.05, 0.1) is 0 Å². The lowest BCUT2D eigenvalue weighted by atomic mass is 9.67. The van der Waals surface area contributed by atoms with Crippen LogP contribution in [0, 0.1) is 5.92 Å². The van der Waals surface area contributed by atoms with Crippen molar-refractivity contribution in [3.05, 3.63) is 70.3 Å². The zero-order valence-electron chi connectivity index (χ0n) is 9.94. The van der Waals surface area contributed by atoms with Crippen LogP contribution in [0.3, 0.4) is 0 Å². The molecule has 88 valence electrons. The lowest BCUT2D eigenvalue weighted by Crippen LogP contribution is -2.24. The van der Waals surface area contributed by atoms with Crippen molar-refractivity contribution < 1.29 is 0 Å². The fourth-order valence-corrected chi connectivity index (χ4v) is 3.92. The minimum Gasteiger partial charge on any atom is -0.0880 e. The quantitative estimate of drug-likeness (QED) is 0.659. The summed E-state index contributed by atoms with van der Waals surface area (Å²) in [7, 11) is 0. The first-order valence-electron chi connectivity index (χ1n) is 6.34. The van der Waals surface area contributed by atoms with E-state index in [9.17, 15) is 0 Å². The summed E-state index contributed by atoms with van der Waals surface area (Å²) in [4.78, 5) is 0. The summed E-state index contributed by atoms with van der Waals surface area (Å²) >= 11 is 3.62. The van der Waals surface area contributed by atoms with Crippen LogP contribution >= 0.6 is 15.9 Å². The highest BCUT2D eigenvalue weighted by molar-refractivity contribution is 9.09. The molecule has 0 aromatic heterocycles. The normalized spacial score (nSPS) is 26.5. The van der Waals surface area contributed by atoms with E-state index in [1.54, 1.807) is 0 Å². The lowest BCUT2D eigenvalue weighted by molar-refractivity contribution is 0.632. The van der Waals surface area contributed by atoms with Gasteiger partial charge in [0.1, 0.15) is 0 Å². The topological polar surface area (TPSA) is 0 Å². The molecule has 0 saturated heterocycles. The third kappa shape index (κ3) is 1.31. The largest absolute Gasteiger partial charge is 0.0880 e. The van der Waals surface area contributed by atoms with Gasteiger partial charge in [-0.15, -0.1) is 0 Å². The van der Waals surface area contributed by atoms with Crippen LogP contribution < -0.4 is 0 Å². The van der Waals surface area contributed by atoms with Gasteiger partial charge in [-0.05, 0) is 22.3 Å². The first-order valence-corrected chi connectivity index (χ1v) is 7.46. The molecule has 1 aromatic carbocycles. The third-order valence-corrected chi connectivity index (χ3v) is 4.86. The molecule has 0 bridgehead atoms. The first-order chi connectivity index (χ1) is 8.88. The molecule has 0 heterocycles. The Bertz CT molecular complexity index is 644. The molecule has 3 aliphatic rings. The fraction of sp³-hybridized carbons (Fsp3) is 0.176. The van der Waals surface area contributed by atoms with Gasteiger partial charge in [-0.2, -0.15) is 0 Å². The van der Waals surface area contributed by atoms with Crippen LogP contribution in [-0.2, 0) is 0 Å². The highest BCUT2D eigenvalue weighted by Gasteiger charge is 2.34. The second-order valence-electron chi connectivity index (χ2n) is 5.09. The van der Waals surface area contributed by atoms with E-state index in [0.29, 0.717) is 11.8 Å². The van der Waals surface area contributed by atoms with Crippen LogP contribution in [0.4, 0.5) is 0 Å². The molecule has 18 heavy (non-hydrogen) atoms. The van der Waals surface area contributed by atoms with Gasteiger partial charge in [-0.3, -0.25) is 0 Å². The Morgan fingerprint density at radius 1 is 1.00 bits per heavy atom. The molecule has 0 radical (unpaired) electrons. The second kappa shape index (κ2) is 3.83. The van der Waals surface area contributed by atoms with Gasteiger partial charge >= 0.3 is 0 Å². The predicted octanol–water partition coefficient (Wildman–Crippen LogP) is 4.70. The van der Waals surface area contributed by atoms with Crippen molar-refractivity contribution in [2.24, 2.45) is 5.92 Å². The number of allylic oxidation sites excluding steroid dienone is 6. The Hall–Kier alpha value is -1.34. The van der Waals surface area contributed by atoms with Crippen molar-refractivity contribution in [2.75, 3.05) is 5.33 Å². The number of benzene rings is 1. The maximum Gasteiger partial charge on any atom is 0.0251 e. The molecular weight excluding hydrogens is 284 g/mol. The molecule has 0 amide bonds. The molecule has 0 saturated carbocycles. The third-order valence-electron chi connectivity index (χ3n) is 4.21. The van der Waals surface area contributed by atoms with E-state index >= 15 is 0 Å². The summed E-state index contributed by atoms with van der Waals surface area (Å²) in [6, 6.07) is 6.62. The van der Waals surface area contributed by atoms with E-state index in [-0.39, 0.29) is 0 Å². The molecule has 0 spiro atoms. The molecule has 1 aromatic rings. The number of hydrogen-bond donors (Lipinski definition) is 0. The lowest BCUT2D eigenvalue weighted by Gasteiger charge is -2.37. The smallest absolute Gasteiger partial charge is 0.0251 e. The predicted molar refractivity (Wildman–Crippen MR) is 80.7 cm³/mol. The Labute approximate surface area is 116 Å². The van der Waals surface area contributed by atoms with Gasteiger partial charge in [0.2, 0.25) is 0 Å². The van der Waals surface area contributed by atoms with Crippen LogP contribution in [0.2, 0.25) is 0 Å². The summed E-state index contributed by atoms with van der Waals surface area (Å²) in [6.07, 6.45) is 13.8. The molecule has 2 unspecified atom stereocenters. The van der Waals surface area contributed by atoms with E-state index in [0.717, 1.165) is 5.33 Å². The van der Waals surface area contributed by atoms with Crippen molar-refractivity contribution >= 4 is 28.1 Å². The highest BCUT2D eigenvalue weighted by Crippen LogP contribution is 2.49. The van der Waals surface area contributed by atoms with Crippen molar-refractivity contribution in [2.45, 2.75) is 5.92 Å². The van der Waals surface area contributed by atoms with E-state index in [1.807, 2.05) is 0 Å². The average Bonchev–Trinajstić information content (AvgIpc) is 2.44. The van der Waals surface area contributed by atoms with Crippen molar-refractivity contribution in [1.82, 2.24) is 0 Å². The molecule has 0 N–H and O–H groups in total. The maximum atomic E-state index is 3.62. The van der Waals surface area contributed by atoms with Crippen LogP contribution in [0.1, 0.15) is 22.6 Å². The van der Waals surface area contributed by atoms with Crippen LogP contribution in [0.25, 0.3) is 12.2 Å². The second-order valence-corrected chi connectivity index (χ2v) is 5.65. The van der Waals surface area contributed by atoms with Crippen molar-refractivity contribution in [3.8, 4) is 0 Å². The molecular formula is C17H13Br. The molecule has 0 aliphatic heterocycles. The van der Waals surface area contributed by atoms with E-state index in [2.05, 4.69) is 70.6 Å². The van der Waals surface area contributed by atoms with Crippen molar-refractivity contribution in [3.63, 3.8) is 0 Å². The molecule has 1 heteroatoms. The first kappa shape index (κ1) is 10.6. The summed E-state index contributed by atoms with van der Waals surface area (Å²) in [6.45, 7) is 0. The number of halogens is 1. The van der Waals surface area contributed by atoms with Crippen LogP contribution in [-0.4, -0.2) is 5.33 Å². The zero-order valence-corrected chi connectivity index (χ0v) is 11.5. The number of alkyl halides is 1. The molecule has 0 fully saturated rings. The van der Waals surface area contributed by atoms with Gasteiger partial charge in [0.25, 0.3) is 0 Å². The standard InChI is InChI=1S/C17H13Br/c18-10-14-7-6-13-5-4-11-2-1-3-12-8-9-15(14)17(13)16(11)12/h1-9,15,17H,10H2. The van der Waals surface area contributed by atoms with Crippen molar-refractivity contribution in [1.29, 1.82) is 0 Å². The monoisotopic (exact) mass is 296 g/mol. The van der Waals surface area contributed by atoms with E-state index < -0.39 is 0 Å². The highest BCUT2D eigenvalue weighted by atomic mass is 79.9. The SMILES string of the molecule is BrCC1=CC=C2C=Cc3cccc4c3C2C1C=C4. The Balaban J connectivity index is 2.01. The average molecular weight is 297 g/mol. The Morgan fingerprint density at radius 2 is 1.83 bits per heavy atom. The van der Waals surface area contributed by atoms with Gasteiger partial charge in [0.15, 0.2) is 0 Å². The molecule has 3 aliphatic carbocycles. The van der Waals surface area contributed by atoms with E-state index in [4.69, 9.17) is 0 Å². The van der Waals surface area contributed by atoms with E-state index in [1.165, 1.54) is 27.8 Å². The molecule has 4 rings (SSSR count). The fourth-order valence-electron chi connectivity index (χ4n) is 3.36. The molecule has 0 nitrogen and oxygen atoms in total. The zero-order chi connectivity index (χ0) is 12.1. The van der Waals surface area contributed by atoms with Crippen LogP contribution in [0.5, 0.6) is 0 Å². The summed E-state index contributed by atoms with van der Waals surface area (Å²) in [5.41, 5.74) is 7.23. The summed E-state index contributed by atoms with van der Waals surface area (Å²) < 4.78 is 0.